The van der Waals surface area contributed by atoms with Crippen molar-refractivity contribution in [3.8, 4) is 11.6 Å². The molecule has 7 nitrogen and oxygen atoms in total. The van der Waals surface area contributed by atoms with E-state index in [2.05, 4.69) is 20.6 Å². The van der Waals surface area contributed by atoms with Crippen molar-refractivity contribution in [3.05, 3.63) is 71.5 Å². The van der Waals surface area contributed by atoms with Gasteiger partial charge in [-0.3, -0.25) is 9.59 Å². The highest BCUT2D eigenvalue weighted by Crippen LogP contribution is 2.33. The lowest BCUT2D eigenvalue weighted by atomic mass is 10.1. The molecule has 0 saturated heterocycles. The minimum absolute atomic E-state index is 0.0320. The Morgan fingerprint density at radius 1 is 1.00 bits per heavy atom. The second-order valence-corrected chi connectivity index (χ2v) is 6.92. The molecule has 2 N–H and O–H groups in total. The molecule has 0 aliphatic rings. The van der Waals surface area contributed by atoms with Crippen LogP contribution in [0.3, 0.4) is 0 Å². The molecule has 3 rings (SSSR count). The average molecular weight is 444 g/mol. The van der Waals surface area contributed by atoms with Gasteiger partial charge in [0.1, 0.15) is 17.9 Å². The van der Waals surface area contributed by atoms with Crippen LogP contribution in [-0.2, 0) is 22.2 Å². The van der Waals surface area contributed by atoms with Gasteiger partial charge >= 0.3 is 6.18 Å². The number of nitrogens with zero attached hydrogens (tertiary/aromatic N) is 2. The molecule has 0 fully saturated rings. The van der Waals surface area contributed by atoms with Crippen LogP contribution in [0.5, 0.6) is 11.6 Å². The van der Waals surface area contributed by atoms with Gasteiger partial charge in [-0.1, -0.05) is 18.2 Å². The first-order chi connectivity index (χ1) is 15.1. The Morgan fingerprint density at radius 2 is 1.72 bits per heavy atom. The Labute approximate surface area is 181 Å². The fraction of sp³-hybridized carbons (Fsp3) is 0.182. The molecule has 3 aromatic rings. The summed E-state index contributed by atoms with van der Waals surface area (Å²) in [7, 11) is 0. The number of ether oxygens (including phenoxy) is 1. The molecule has 32 heavy (non-hydrogen) atoms. The number of aromatic nitrogens is 2. The maximum atomic E-state index is 13.0. The molecule has 0 atom stereocenters. The van der Waals surface area contributed by atoms with Gasteiger partial charge in [0.15, 0.2) is 0 Å². The van der Waals surface area contributed by atoms with Crippen molar-refractivity contribution in [1.29, 1.82) is 0 Å². The van der Waals surface area contributed by atoms with E-state index in [9.17, 15) is 22.8 Å². The monoisotopic (exact) mass is 444 g/mol. The second-order valence-electron chi connectivity index (χ2n) is 6.92. The summed E-state index contributed by atoms with van der Waals surface area (Å²) in [5.74, 6) is 0.216. The van der Waals surface area contributed by atoms with E-state index >= 15 is 0 Å². The lowest BCUT2D eigenvalue weighted by molar-refractivity contribution is -0.138. The number of amides is 2. The van der Waals surface area contributed by atoms with Crippen LogP contribution >= 0.6 is 0 Å². The van der Waals surface area contributed by atoms with Crippen LogP contribution in [0.25, 0.3) is 0 Å². The predicted molar refractivity (Wildman–Crippen MR) is 111 cm³/mol. The topological polar surface area (TPSA) is 93.2 Å². The van der Waals surface area contributed by atoms with Crippen LogP contribution in [0.15, 0.2) is 54.9 Å². The third kappa shape index (κ3) is 6.27. The van der Waals surface area contributed by atoms with Crippen molar-refractivity contribution < 1.29 is 27.5 Å². The molecule has 2 amide bonds. The number of alkyl halides is 3. The molecule has 1 aromatic heterocycles. The third-order valence-corrected chi connectivity index (χ3v) is 4.28. The van der Waals surface area contributed by atoms with Crippen LogP contribution in [-0.4, -0.2) is 21.8 Å². The van der Waals surface area contributed by atoms with E-state index in [4.69, 9.17) is 4.74 Å². The largest absolute Gasteiger partial charge is 0.439 e. The zero-order valence-corrected chi connectivity index (χ0v) is 17.2. The minimum Gasteiger partial charge on any atom is -0.439 e. The maximum absolute atomic E-state index is 13.0. The van der Waals surface area contributed by atoms with E-state index in [0.717, 1.165) is 6.07 Å². The number of benzene rings is 2. The van der Waals surface area contributed by atoms with Gasteiger partial charge in [0.25, 0.3) is 0 Å². The summed E-state index contributed by atoms with van der Waals surface area (Å²) in [6.07, 6.45) is -3.28. The summed E-state index contributed by atoms with van der Waals surface area (Å²) in [5.41, 5.74) is 0.00778. The fourth-order valence-electron chi connectivity index (χ4n) is 2.84. The molecule has 166 valence electrons. The van der Waals surface area contributed by atoms with Crippen LogP contribution in [0.4, 0.5) is 24.7 Å². The number of halogens is 3. The van der Waals surface area contributed by atoms with Gasteiger partial charge in [-0.15, -0.1) is 0 Å². The van der Waals surface area contributed by atoms with E-state index in [0.29, 0.717) is 17.1 Å². The number of aryl methyl sites for hydroxylation is 1. The second kappa shape index (κ2) is 9.46. The smallest absolute Gasteiger partial charge is 0.416 e. The van der Waals surface area contributed by atoms with E-state index < -0.39 is 17.6 Å². The summed E-state index contributed by atoms with van der Waals surface area (Å²) in [6, 6.07) is 11.7. The molecule has 10 heteroatoms. The number of hydrogen-bond donors (Lipinski definition) is 2. The Hall–Kier alpha value is -3.95. The third-order valence-electron chi connectivity index (χ3n) is 4.28. The minimum atomic E-state index is -4.49. The van der Waals surface area contributed by atoms with Gasteiger partial charge in [-0.25, -0.2) is 9.97 Å². The van der Waals surface area contributed by atoms with E-state index in [1.807, 2.05) is 0 Å². The van der Waals surface area contributed by atoms with E-state index in [1.54, 1.807) is 24.3 Å². The van der Waals surface area contributed by atoms with Gasteiger partial charge in [0, 0.05) is 18.7 Å². The Kier molecular flexibility index (Phi) is 6.72. The number of carbonyl (C=O) groups is 2. The van der Waals surface area contributed by atoms with Crippen LogP contribution in [0, 0.1) is 6.92 Å². The maximum Gasteiger partial charge on any atom is 0.416 e. The Morgan fingerprint density at radius 3 is 2.38 bits per heavy atom. The van der Waals surface area contributed by atoms with Crippen molar-refractivity contribution in [2.24, 2.45) is 0 Å². The normalized spacial score (nSPS) is 11.0. The van der Waals surface area contributed by atoms with Gasteiger partial charge in [-0.05, 0) is 42.3 Å². The average Bonchev–Trinajstić information content (AvgIpc) is 2.70. The van der Waals surface area contributed by atoms with Crippen LogP contribution in [0.2, 0.25) is 0 Å². The Balaban J connectivity index is 1.61. The van der Waals surface area contributed by atoms with Crippen molar-refractivity contribution in [2.45, 2.75) is 26.4 Å². The summed E-state index contributed by atoms with van der Waals surface area (Å²) >= 11 is 0. The first kappa shape index (κ1) is 22.7. The molecule has 0 aliphatic carbocycles. The Bertz CT molecular complexity index is 1130. The molecular formula is C22H19F3N4O3. The summed E-state index contributed by atoms with van der Waals surface area (Å²) < 4.78 is 44.7. The van der Waals surface area contributed by atoms with Gasteiger partial charge in [0.2, 0.25) is 17.7 Å². The standard InChI is InChI=1S/C22H19F3N4O3/c1-13-3-6-16(10-18(13)22(23,24)25)29-20(31)9-15-4-7-17(8-5-15)32-21-11-19(26-12-27-21)28-14(2)30/h3-8,10-12H,9H2,1-2H3,(H,29,31)(H,26,27,28,30). The first-order valence-electron chi connectivity index (χ1n) is 9.44. The molecule has 1 heterocycles. The van der Waals surface area contributed by atoms with Crippen LogP contribution < -0.4 is 15.4 Å². The lowest BCUT2D eigenvalue weighted by Gasteiger charge is -2.13. The zero-order valence-electron chi connectivity index (χ0n) is 17.2. The number of rotatable bonds is 6. The van der Waals surface area contributed by atoms with Crippen molar-refractivity contribution in [2.75, 3.05) is 10.6 Å². The number of carbonyl (C=O) groups excluding carboxylic acids is 2. The highest BCUT2D eigenvalue weighted by Gasteiger charge is 2.32. The molecule has 0 radical (unpaired) electrons. The summed E-state index contributed by atoms with van der Waals surface area (Å²) in [4.78, 5) is 31.2. The van der Waals surface area contributed by atoms with E-state index in [1.165, 1.54) is 38.4 Å². The summed E-state index contributed by atoms with van der Waals surface area (Å²) in [5, 5.41) is 5.00. The predicted octanol–water partition coefficient (Wildman–Crippen LogP) is 4.74. The SMILES string of the molecule is CC(=O)Nc1cc(Oc2ccc(CC(=O)Nc3ccc(C)c(C(F)(F)F)c3)cc2)ncn1. The molecule has 0 bridgehead atoms. The van der Waals surface area contributed by atoms with Crippen LogP contribution in [0.1, 0.15) is 23.6 Å². The fourth-order valence-corrected chi connectivity index (χ4v) is 2.84. The highest BCUT2D eigenvalue weighted by molar-refractivity contribution is 5.92. The molecule has 0 spiro atoms. The van der Waals surface area contributed by atoms with Gasteiger partial charge < -0.3 is 15.4 Å². The van der Waals surface area contributed by atoms with Gasteiger partial charge in [0.05, 0.1) is 12.0 Å². The number of anilines is 2. The zero-order chi connectivity index (χ0) is 23.3. The molecular weight excluding hydrogens is 425 g/mol. The summed E-state index contributed by atoms with van der Waals surface area (Å²) in [6.45, 7) is 2.71. The first-order valence-corrected chi connectivity index (χ1v) is 9.44. The van der Waals surface area contributed by atoms with Gasteiger partial charge in [-0.2, -0.15) is 13.2 Å². The quantitative estimate of drug-likeness (QED) is 0.573. The van der Waals surface area contributed by atoms with Crippen molar-refractivity contribution in [3.63, 3.8) is 0 Å². The van der Waals surface area contributed by atoms with E-state index in [-0.39, 0.29) is 29.5 Å². The highest BCUT2D eigenvalue weighted by atomic mass is 19.4. The molecule has 0 unspecified atom stereocenters. The molecule has 0 saturated carbocycles. The van der Waals surface area contributed by atoms with Crippen molar-refractivity contribution >= 4 is 23.3 Å². The molecule has 2 aromatic carbocycles. The lowest BCUT2D eigenvalue weighted by Crippen LogP contribution is -2.15. The molecule has 0 aliphatic heterocycles. The van der Waals surface area contributed by atoms with Crippen molar-refractivity contribution in [1.82, 2.24) is 9.97 Å². The number of hydrogen-bond acceptors (Lipinski definition) is 5. The number of nitrogens with one attached hydrogen (secondary N) is 2.